The van der Waals surface area contributed by atoms with Crippen molar-refractivity contribution in [1.82, 2.24) is 4.98 Å². The summed E-state index contributed by atoms with van der Waals surface area (Å²) in [5.41, 5.74) is 2.08. The smallest absolute Gasteiger partial charge is 0.138 e. The van der Waals surface area contributed by atoms with Crippen LogP contribution in [0.5, 0.6) is 0 Å². The molecule has 0 fully saturated rings. The van der Waals surface area contributed by atoms with Gasteiger partial charge in [-0.15, -0.1) is 0 Å². The number of hydrogen-bond acceptors (Lipinski definition) is 4. The minimum atomic E-state index is -0.611. The van der Waals surface area contributed by atoms with Crippen molar-refractivity contribution in [2.24, 2.45) is 0 Å². The Hall–Kier alpha value is -2.38. The van der Waals surface area contributed by atoms with Crippen LogP contribution in [0.3, 0.4) is 0 Å². The fourth-order valence-corrected chi connectivity index (χ4v) is 1.99. The quantitative estimate of drug-likeness (QED) is 0.913. The number of hydrogen-bond donors (Lipinski definition) is 1. The van der Waals surface area contributed by atoms with Gasteiger partial charge >= 0.3 is 0 Å². The van der Waals surface area contributed by atoms with Crippen molar-refractivity contribution < 1.29 is 5.11 Å². The molecule has 0 aliphatic heterocycles. The zero-order chi connectivity index (χ0) is 13.8. The van der Waals surface area contributed by atoms with E-state index in [1.165, 1.54) is 0 Å². The first-order chi connectivity index (χ1) is 9.15. The van der Waals surface area contributed by atoms with Crippen LogP contribution in [0.2, 0.25) is 0 Å². The summed E-state index contributed by atoms with van der Waals surface area (Å²) in [5.74, 6) is 0.653. The number of nitrogens with zero attached hydrogens (tertiary/aromatic N) is 3. The summed E-state index contributed by atoms with van der Waals surface area (Å²) in [5, 5.41) is 18.9. The maximum absolute atomic E-state index is 9.80. The van der Waals surface area contributed by atoms with Crippen LogP contribution in [0.4, 0.5) is 11.5 Å². The Balaban J connectivity index is 2.51. The fraction of sp³-hybridized carbons (Fsp3) is 0.200. The molecule has 4 nitrogen and oxygen atoms in total. The Kier molecular flexibility index (Phi) is 3.79. The number of aliphatic hydroxyl groups is 1. The van der Waals surface area contributed by atoms with Gasteiger partial charge in [0.15, 0.2) is 0 Å². The number of para-hydroxylation sites is 1. The molecule has 1 heterocycles. The summed E-state index contributed by atoms with van der Waals surface area (Å²) in [6.45, 7) is 1.70. The minimum Gasteiger partial charge on any atom is -0.389 e. The third-order valence-electron chi connectivity index (χ3n) is 2.97. The zero-order valence-electron chi connectivity index (χ0n) is 10.9. The molecule has 4 heteroatoms. The van der Waals surface area contributed by atoms with Crippen LogP contribution in [-0.4, -0.2) is 17.1 Å². The highest BCUT2D eigenvalue weighted by atomic mass is 16.3. The summed E-state index contributed by atoms with van der Waals surface area (Å²) in [7, 11) is 1.84. The van der Waals surface area contributed by atoms with E-state index in [0.717, 1.165) is 11.3 Å². The van der Waals surface area contributed by atoms with Gasteiger partial charge in [0, 0.05) is 18.8 Å². The predicted molar refractivity (Wildman–Crippen MR) is 74.1 cm³/mol. The molecular weight excluding hydrogens is 238 g/mol. The van der Waals surface area contributed by atoms with E-state index in [1.807, 2.05) is 36.2 Å². The Morgan fingerprint density at radius 2 is 2.00 bits per heavy atom. The Bertz CT molecular complexity index is 617. The van der Waals surface area contributed by atoms with Crippen molar-refractivity contribution in [3.63, 3.8) is 0 Å². The van der Waals surface area contributed by atoms with Gasteiger partial charge in [0.05, 0.1) is 17.4 Å². The van der Waals surface area contributed by atoms with Crippen molar-refractivity contribution >= 4 is 11.5 Å². The van der Waals surface area contributed by atoms with Crippen LogP contribution in [0.1, 0.15) is 24.2 Å². The van der Waals surface area contributed by atoms with Gasteiger partial charge in [-0.05, 0) is 25.1 Å². The highest BCUT2D eigenvalue weighted by Crippen LogP contribution is 2.30. The summed E-state index contributed by atoms with van der Waals surface area (Å²) < 4.78 is 0. The van der Waals surface area contributed by atoms with Crippen LogP contribution in [-0.2, 0) is 0 Å². The minimum absolute atomic E-state index is 0.576. The molecule has 2 aromatic rings. The molecule has 0 amide bonds. The van der Waals surface area contributed by atoms with E-state index in [4.69, 9.17) is 5.26 Å². The molecule has 1 aromatic carbocycles. The molecule has 0 aliphatic rings. The average molecular weight is 253 g/mol. The molecule has 19 heavy (non-hydrogen) atoms. The normalized spacial score (nSPS) is 11.7. The lowest BCUT2D eigenvalue weighted by Gasteiger charge is -2.23. The number of nitriles is 1. The summed E-state index contributed by atoms with van der Waals surface area (Å²) in [6.07, 6.45) is 1.06. The van der Waals surface area contributed by atoms with E-state index in [1.54, 1.807) is 25.3 Å². The molecule has 0 aliphatic carbocycles. The van der Waals surface area contributed by atoms with Gasteiger partial charge in [-0.3, -0.25) is 0 Å². The van der Waals surface area contributed by atoms with Gasteiger partial charge in [0.1, 0.15) is 11.9 Å². The molecule has 1 aromatic heterocycles. The van der Waals surface area contributed by atoms with Crippen LogP contribution in [0, 0.1) is 11.3 Å². The van der Waals surface area contributed by atoms with Gasteiger partial charge in [0.2, 0.25) is 0 Å². The third kappa shape index (κ3) is 2.56. The first-order valence-electron chi connectivity index (χ1n) is 6.01. The molecule has 0 saturated carbocycles. The number of benzene rings is 1. The second-order valence-electron chi connectivity index (χ2n) is 4.28. The number of pyridine rings is 1. The number of anilines is 2. The number of aromatic nitrogens is 1. The molecule has 2 rings (SSSR count). The van der Waals surface area contributed by atoms with Crippen LogP contribution >= 0.6 is 0 Å². The van der Waals surface area contributed by atoms with Crippen molar-refractivity contribution in [3.8, 4) is 6.07 Å². The molecule has 96 valence electrons. The molecule has 1 atom stereocenters. The lowest BCUT2D eigenvalue weighted by Crippen LogP contribution is -2.15. The van der Waals surface area contributed by atoms with E-state index >= 15 is 0 Å². The largest absolute Gasteiger partial charge is 0.389 e. The van der Waals surface area contributed by atoms with E-state index < -0.39 is 6.10 Å². The van der Waals surface area contributed by atoms with Crippen molar-refractivity contribution in [2.45, 2.75) is 13.0 Å². The Labute approximate surface area is 112 Å². The molecular formula is C15H15N3O. The highest BCUT2D eigenvalue weighted by molar-refractivity contribution is 5.68. The summed E-state index contributed by atoms with van der Waals surface area (Å²) in [6, 6.07) is 13.1. The zero-order valence-corrected chi connectivity index (χ0v) is 10.9. The van der Waals surface area contributed by atoms with Gasteiger partial charge < -0.3 is 10.0 Å². The topological polar surface area (TPSA) is 60.2 Å². The van der Waals surface area contributed by atoms with Gasteiger partial charge in [-0.25, -0.2) is 4.98 Å². The van der Waals surface area contributed by atoms with Crippen molar-refractivity contribution in [2.75, 3.05) is 11.9 Å². The van der Waals surface area contributed by atoms with Gasteiger partial charge in [-0.1, -0.05) is 18.2 Å². The maximum Gasteiger partial charge on any atom is 0.138 e. The van der Waals surface area contributed by atoms with Gasteiger partial charge in [-0.2, -0.15) is 5.26 Å². The SMILES string of the molecule is C[C@H](O)c1cccnc1N(C)c1ccccc1C#N. The van der Waals surface area contributed by atoms with E-state index in [0.29, 0.717) is 11.4 Å². The summed E-state index contributed by atoms with van der Waals surface area (Å²) >= 11 is 0. The molecule has 0 saturated heterocycles. The van der Waals surface area contributed by atoms with Crippen molar-refractivity contribution in [3.05, 3.63) is 53.7 Å². The monoisotopic (exact) mass is 253 g/mol. The molecule has 0 unspecified atom stereocenters. The molecule has 0 spiro atoms. The first-order valence-corrected chi connectivity index (χ1v) is 6.01. The number of aliphatic hydroxyl groups excluding tert-OH is 1. The predicted octanol–water partition coefficient (Wildman–Crippen LogP) is 2.77. The Morgan fingerprint density at radius 3 is 2.68 bits per heavy atom. The van der Waals surface area contributed by atoms with Crippen LogP contribution in [0.25, 0.3) is 0 Å². The van der Waals surface area contributed by atoms with Crippen LogP contribution in [0.15, 0.2) is 42.6 Å². The number of rotatable bonds is 3. The lowest BCUT2D eigenvalue weighted by atomic mass is 10.1. The van der Waals surface area contributed by atoms with Crippen molar-refractivity contribution in [1.29, 1.82) is 5.26 Å². The average Bonchev–Trinajstić information content (AvgIpc) is 2.46. The molecule has 1 N–H and O–H groups in total. The lowest BCUT2D eigenvalue weighted by molar-refractivity contribution is 0.199. The Morgan fingerprint density at radius 1 is 1.26 bits per heavy atom. The van der Waals surface area contributed by atoms with E-state index in [2.05, 4.69) is 11.1 Å². The second-order valence-corrected chi connectivity index (χ2v) is 4.28. The standard InChI is InChI=1S/C15H15N3O/c1-11(19)13-7-5-9-17-15(13)18(2)14-8-4-3-6-12(14)10-16/h3-9,11,19H,1-2H3/t11-/m0/s1. The maximum atomic E-state index is 9.80. The van der Waals surface area contributed by atoms with Gasteiger partial charge in [0.25, 0.3) is 0 Å². The summed E-state index contributed by atoms with van der Waals surface area (Å²) in [4.78, 5) is 6.13. The molecule has 0 bridgehead atoms. The second kappa shape index (κ2) is 5.51. The van der Waals surface area contributed by atoms with E-state index in [9.17, 15) is 5.11 Å². The molecule has 0 radical (unpaired) electrons. The fourth-order valence-electron chi connectivity index (χ4n) is 1.99. The van der Waals surface area contributed by atoms with E-state index in [-0.39, 0.29) is 0 Å². The third-order valence-corrected chi connectivity index (χ3v) is 2.97. The highest BCUT2D eigenvalue weighted by Gasteiger charge is 2.15. The first kappa shape index (κ1) is 13.1. The van der Waals surface area contributed by atoms with Crippen LogP contribution < -0.4 is 4.90 Å².